The number of aliphatic hydroxyl groups excluding tert-OH is 1. The molecular weight excluding hydrogens is 296 g/mol. The maximum Gasteiger partial charge on any atom is 0.251 e. The van der Waals surface area contributed by atoms with Gasteiger partial charge in [0.25, 0.3) is 5.91 Å². The number of aliphatic hydroxyl groups is 1. The van der Waals surface area contributed by atoms with E-state index < -0.39 is 12.1 Å². The number of benzene rings is 1. The fourth-order valence-electron chi connectivity index (χ4n) is 2.27. The van der Waals surface area contributed by atoms with Gasteiger partial charge in [-0.2, -0.15) is 0 Å². The van der Waals surface area contributed by atoms with Gasteiger partial charge in [0.05, 0.1) is 12.6 Å². The zero-order valence-corrected chi connectivity index (χ0v) is 12.3. The molecule has 6 nitrogen and oxygen atoms in total. The minimum atomic E-state index is -0.819. The third-order valence-electron chi connectivity index (χ3n) is 3.36. The number of ether oxygens (including phenoxy) is 1. The molecule has 1 aliphatic heterocycles. The van der Waals surface area contributed by atoms with Crippen molar-refractivity contribution in [1.82, 2.24) is 10.2 Å². The highest BCUT2D eigenvalue weighted by atomic mass is 35.5. The van der Waals surface area contributed by atoms with Crippen LogP contribution < -0.4 is 5.32 Å². The molecule has 1 heterocycles. The number of halogens is 1. The van der Waals surface area contributed by atoms with Crippen molar-refractivity contribution in [3.8, 4) is 0 Å². The van der Waals surface area contributed by atoms with Gasteiger partial charge in [0.2, 0.25) is 5.91 Å². The number of hydrogen-bond donors (Lipinski definition) is 2. The highest BCUT2D eigenvalue weighted by Gasteiger charge is 2.39. The second-order valence-corrected chi connectivity index (χ2v) is 5.18. The number of nitrogens with zero attached hydrogens (tertiary/aromatic N) is 1. The van der Waals surface area contributed by atoms with Gasteiger partial charge in [0.1, 0.15) is 6.61 Å². The molecular formula is C14H17ClN2O4. The SMILES string of the molecule is CN1C(=O)CO[C@@H](C(=O)NCCO)[C@H]1c1ccc(Cl)cc1. The molecule has 1 aliphatic rings. The van der Waals surface area contributed by atoms with E-state index in [0.29, 0.717) is 5.02 Å². The summed E-state index contributed by atoms with van der Waals surface area (Å²) in [7, 11) is 1.64. The normalized spacial score (nSPS) is 22.2. The van der Waals surface area contributed by atoms with Crippen molar-refractivity contribution in [3.05, 3.63) is 34.9 Å². The number of amides is 2. The molecule has 0 unspecified atom stereocenters. The van der Waals surface area contributed by atoms with Gasteiger partial charge in [0, 0.05) is 18.6 Å². The average Bonchev–Trinajstić information content (AvgIpc) is 2.48. The van der Waals surface area contributed by atoms with Crippen LogP contribution in [0.4, 0.5) is 0 Å². The lowest BCUT2D eigenvalue weighted by Crippen LogP contribution is -2.53. The lowest BCUT2D eigenvalue weighted by Gasteiger charge is -2.38. The molecule has 0 aliphatic carbocycles. The molecule has 1 saturated heterocycles. The standard InChI is InChI=1S/C14H17ClN2O4/c1-17-11(19)8-21-13(14(20)16-6-7-18)12(17)9-2-4-10(15)5-3-9/h2-5,12-13,18H,6-8H2,1H3,(H,16,20)/t12-,13-/m1/s1. The highest BCUT2D eigenvalue weighted by molar-refractivity contribution is 6.30. The summed E-state index contributed by atoms with van der Waals surface area (Å²) in [6.45, 7) is -0.152. The lowest BCUT2D eigenvalue weighted by molar-refractivity contribution is -0.162. The van der Waals surface area contributed by atoms with E-state index in [2.05, 4.69) is 5.32 Å². The second-order valence-electron chi connectivity index (χ2n) is 4.75. The zero-order chi connectivity index (χ0) is 15.4. The van der Waals surface area contributed by atoms with Gasteiger partial charge in [-0.25, -0.2) is 0 Å². The van der Waals surface area contributed by atoms with Crippen molar-refractivity contribution in [2.45, 2.75) is 12.1 Å². The third kappa shape index (κ3) is 3.53. The number of carbonyl (C=O) groups excluding carboxylic acids is 2. The lowest BCUT2D eigenvalue weighted by atomic mass is 9.97. The number of likely N-dealkylation sites (N-methyl/N-ethyl adjacent to an activating group) is 1. The van der Waals surface area contributed by atoms with Gasteiger partial charge in [-0.05, 0) is 17.7 Å². The number of morpholine rings is 1. The van der Waals surface area contributed by atoms with Crippen molar-refractivity contribution < 1.29 is 19.4 Å². The summed E-state index contributed by atoms with van der Waals surface area (Å²) < 4.78 is 5.40. The molecule has 1 aromatic carbocycles. The van der Waals surface area contributed by atoms with Gasteiger partial charge in [-0.15, -0.1) is 0 Å². The first-order valence-corrected chi connectivity index (χ1v) is 6.93. The van der Waals surface area contributed by atoms with E-state index in [9.17, 15) is 9.59 Å². The van der Waals surface area contributed by atoms with E-state index >= 15 is 0 Å². The first-order chi connectivity index (χ1) is 10.0. The molecule has 0 radical (unpaired) electrons. The maximum absolute atomic E-state index is 12.1. The second kappa shape index (κ2) is 6.89. The Kier molecular flexibility index (Phi) is 5.17. The minimum Gasteiger partial charge on any atom is -0.395 e. The largest absolute Gasteiger partial charge is 0.395 e. The van der Waals surface area contributed by atoms with Crippen LogP contribution in [0, 0.1) is 0 Å². The van der Waals surface area contributed by atoms with E-state index in [-0.39, 0.29) is 31.6 Å². The number of nitrogens with one attached hydrogen (secondary N) is 1. The molecule has 0 bridgehead atoms. The summed E-state index contributed by atoms with van der Waals surface area (Å²) in [6.07, 6.45) is -0.819. The molecule has 0 aromatic heterocycles. The van der Waals surface area contributed by atoms with Gasteiger partial charge >= 0.3 is 0 Å². The van der Waals surface area contributed by atoms with Crippen molar-refractivity contribution in [3.63, 3.8) is 0 Å². The fraction of sp³-hybridized carbons (Fsp3) is 0.429. The Morgan fingerprint density at radius 2 is 2.14 bits per heavy atom. The van der Waals surface area contributed by atoms with E-state index in [1.165, 1.54) is 4.90 Å². The zero-order valence-electron chi connectivity index (χ0n) is 11.6. The first kappa shape index (κ1) is 15.8. The Bertz CT molecular complexity index is 520. The van der Waals surface area contributed by atoms with E-state index in [1.807, 2.05) is 0 Å². The maximum atomic E-state index is 12.1. The van der Waals surface area contributed by atoms with E-state index in [0.717, 1.165) is 5.56 Å². The van der Waals surface area contributed by atoms with Crippen LogP contribution >= 0.6 is 11.6 Å². The van der Waals surface area contributed by atoms with Crippen LogP contribution in [-0.4, -0.2) is 54.7 Å². The number of hydrogen-bond acceptors (Lipinski definition) is 4. The molecule has 2 rings (SSSR count). The smallest absolute Gasteiger partial charge is 0.251 e. The van der Waals surface area contributed by atoms with Gasteiger partial charge < -0.3 is 20.1 Å². The van der Waals surface area contributed by atoms with Crippen molar-refractivity contribution in [2.24, 2.45) is 0 Å². The molecule has 7 heteroatoms. The Hall–Kier alpha value is -1.63. The van der Waals surface area contributed by atoms with E-state index in [1.54, 1.807) is 31.3 Å². The topological polar surface area (TPSA) is 78.9 Å². The monoisotopic (exact) mass is 312 g/mol. The Labute approximate surface area is 127 Å². The molecule has 2 atom stereocenters. The van der Waals surface area contributed by atoms with Crippen LogP contribution in [0.15, 0.2) is 24.3 Å². The summed E-state index contributed by atoms with van der Waals surface area (Å²) in [4.78, 5) is 25.5. The minimum absolute atomic E-state index is 0.141. The summed E-state index contributed by atoms with van der Waals surface area (Å²) in [5.41, 5.74) is 0.763. The van der Waals surface area contributed by atoms with Crippen molar-refractivity contribution >= 4 is 23.4 Å². The van der Waals surface area contributed by atoms with Gasteiger partial charge in [-0.3, -0.25) is 9.59 Å². The van der Waals surface area contributed by atoms with Crippen LogP contribution in [0.5, 0.6) is 0 Å². The van der Waals surface area contributed by atoms with Crippen LogP contribution in [-0.2, 0) is 14.3 Å². The van der Waals surface area contributed by atoms with Crippen LogP contribution in [0.1, 0.15) is 11.6 Å². The summed E-state index contributed by atoms with van der Waals surface area (Å²) >= 11 is 5.86. The Morgan fingerprint density at radius 1 is 1.48 bits per heavy atom. The first-order valence-electron chi connectivity index (χ1n) is 6.56. The number of carbonyl (C=O) groups is 2. The van der Waals surface area contributed by atoms with Crippen LogP contribution in [0.25, 0.3) is 0 Å². The fourth-order valence-corrected chi connectivity index (χ4v) is 2.40. The van der Waals surface area contributed by atoms with Gasteiger partial charge in [-0.1, -0.05) is 23.7 Å². The Balaban J connectivity index is 2.26. The molecule has 0 spiro atoms. The molecule has 1 fully saturated rings. The van der Waals surface area contributed by atoms with E-state index in [4.69, 9.17) is 21.4 Å². The molecule has 2 amide bonds. The van der Waals surface area contributed by atoms with Crippen molar-refractivity contribution in [1.29, 1.82) is 0 Å². The quantitative estimate of drug-likeness (QED) is 0.841. The summed E-state index contributed by atoms with van der Waals surface area (Å²) in [5, 5.41) is 11.9. The molecule has 21 heavy (non-hydrogen) atoms. The summed E-state index contributed by atoms with van der Waals surface area (Å²) in [6, 6.07) is 6.40. The Morgan fingerprint density at radius 3 is 2.76 bits per heavy atom. The molecule has 0 saturated carbocycles. The number of rotatable bonds is 4. The predicted molar refractivity (Wildman–Crippen MR) is 76.8 cm³/mol. The van der Waals surface area contributed by atoms with Crippen molar-refractivity contribution in [2.75, 3.05) is 26.8 Å². The molecule has 114 valence electrons. The third-order valence-corrected chi connectivity index (χ3v) is 3.62. The summed E-state index contributed by atoms with van der Waals surface area (Å²) in [5.74, 6) is -0.551. The van der Waals surface area contributed by atoms with Crippen LogP contribution in [0.3, 0.4) is 0 Å². The predicted octanol–water partition coefficient (Wildman–Crippen LogP) is 0.347. The average molecular weight is 313 g/mol. The highest BCUT2D eigenvalue weighted by Crippen LogP contribution is 2.29. The molecule has 1 aromatic rings. The van der Waals surface area contributed by atoms with Crippen LogP contribution in [0.2, 0.25) is 5.02 Å². The molecule has 2 N–H and O–H groups in total. The van der Waals surface area contributed by atoms with Gasteiger partial charge in [0.15, 0.2) is 6.10 Å².